The Labute approximate surface area is 93.4 Å². The minimum absolute atomic E-state index is 0.0281. The van der Waals surface area contributed by atoms with Crippen molar-refractivity contribution >= 4 is 15.9 Å². The van der Waals surface area contributed by atoms with Crippen molar-refractivity contribution in [1.29, 1.82) is 0 Å². The molecule has 3 nitrogen and oxygen atoms in total. The molecule has 0 amide bonds. The Kier molecular flexibility index (Phi) is 3.87. The Bertz CT molecular complexity index is 357. The van der Waals surface area contributed by atoms with Gasteiger partial charge in [0, 0.05) is 10.0 Å². The number of hydrogen-bond acceptors (Lipinski definition) is 3. The number of phenolic OH excluding ortho intramolecular Hbond substituents is 1. The van der Waals surface area contributed by atoms with E-state index in [0.717, 1.165) is 6.07 Å². The lowest BCUT2D eigenvalue weighted by Gasteiger charge is -2.14. The molecule has 1 atom stereocenters. The molecule has 0 saturated carbocycles. The van der Waals surface area contributed by atoms with Crippen molar-refractivity contribution in [2.75, 3.05) is 7.11 Å². The predicted molar refractivity (Wildman–Crippen MR) is 53.3 cm³/mol. The van der Waals surface area contributed by atoms with Crippen molar-refractivity contribution in [3.8, 4) is 11.5 Å². The number of methoxy groups -OCH3 is 1. The largest absolute Gasteiger partial charge is 0.504 e. The topological polar surface area (TPSA) is 49.7 Å². The van der Waals surface area contributed by atoms with Crippen LogP contribution < -0.4 is 4.74 Å². The van der Waals surface area contributed by atoms with Gasteiger partial charge in [-0.3, -0.25) is 0 Å². The average Bonchev–Trinajstić information content (AvgIpc) is 2.17. The van der Waals surface area contributed by atoms with E-state index in [1.807, 2.05) is 0 Å². The van der Waals surface area contributed by atoms with Gasteiger partial charge in [0.1, 0.15) is 6.10 Å². The standard InChI is InChI=1S/C9H9BrF2O3/c1-15-7-2-4(8(14)9(11)12)5(10)3-6(7)13/h2-3,8-9,13-14H,1H3. The minimum Gasteiger partial charge on any atom is -0.504 e. The molecule has 1 unspecified atom stereocenters. The summed E-state index contributed by atoms with van der Waals surface area (Å²) >= 11 is 2.97. The smallest absolute Gasteiger partial charge is 0.268 e. The number of ether oxygens (including phenoxy) is 1. The summed E-state index contributed by atoms with van der Waals surface area (Å²) in [6.45, 7) is 0. The maximum atomic E-state index is 12.3. The highest BCUT2D eigenvalue weighted by Gasteiger charge is 2.23. The molecule has 1 aromatic carbocycles. The van der Waals surface area contributed by atoms with Crippen molar-refractivity contribution < 1.29 is 23.7 Å². The normalized spacial score (nSPS) is 12.9. The number of halogens is 3. The van der Waals surface area contributed by atoms with E-state index in [1.165, 1.54) is 13.2 Å². The van der Waals surface area contributed by atoms with Gasteiger partial charge in [0.05, 0.1) is 7.11 Å². The van der Waals surface area contributed by atoms with Gasteiger partial charge < -0.3 is 14.9 Å². The number of rotatable bonds is 3. The average molecular weight is 283 g/mol. The predicted octanol–water partition coefficient (Wildman–Crippen LogP) is 2.46. The van der Waals surface area contributed by atoms with Crippen molar-refractivity contribution in [2.45, 2.75) is 12.5 Å². The number of phenols is 1. The number of alkyl halides is 2. The fraction of sp³-hybridized carbons (Fsp3) is 0.333. The SMILES string of the molecule is COc1cc(C(O)C(F)F)c(Br)cc1O. The van der Waals surface area contributed by atoms with E-state index in [9.17, 15) is 19.0 Å². The van der Waals surface area contributed by atoms with Gasteiger partial charge in [-0.1, -0.05) is 15.9 Å². The molecule has 2 N–H and O–H groups in total. The number of aromatic hydroxyl groups is 1. The van der Waals surface area contributed by atoms with Gasteiger partial charge in [0.25, 0.3) is 6.43 Å². The van der Waals surface area contributed by atoms with Crippen LogP contribution in [-0.2, 0) is 0 Å². The lowest BCUT2D eigenvalue weighted by Crippen LogP contribution is -2.08. The molecule has 0 aliphatic heterocycles. The third-order valence-corrected chi connectivity index (χ3v) is 2.54. The summed E-state index contributed by atoms with van der Waals surface area (Å²) in [5, 5.41) is 18.5. The lowest BCUT2D eigenvalue weighted by atomic mass is 10.1. The molecule has 0 spiro atoms. The second kappa shape index (κ2) is 4.76. The first kappa shape index (κ1) is 12.2. The summed E-state index contributed by atoms with van der Waals surface area (Å²) in [6, 6.07) is 2.36. The molecule has 6 heteroatoms. The Morgan fingerprint density at radius 3 is 2.47 bits per heavy atom. The molecule has 0 radical (unpaired) electrons. The van der Waals surface area contributed by atoms with E-state index in [-0.39, 0.29) is 21.5 Å². The van der Waals surface area contributed by atoms with Gasteiger partial charge >= 0.3 is 0 Å². The monoisotopic (exact) mass is 282 g/mol. The van der Waals surface area contributed by atoms with E-state index in [0.29, 0.717) is 0 Å². The highest BCUT2D eigenvalue weighted by atomic mass is 79.9. The number of aliphatic hydroxyl groups is 1. The van der Waals surface area contributed by atoms with Gasteiger partial charge in [0.15, 0.2) is 11.5 Å². The van der Waals surface area contributed by atoms with Crippen LogP contribution in [0.15, 0.2) is 16.6 Å². The molecule has 0 aromatic heterocycles. The first-order valence-electron chi connectivity index (χ1n) is 4.00. The van der Waals surface area contributed by atoms with Crippen LogP contribution in [0.1, 0.15) is 11.7 Å². The molecule has 15 heavy (non-hydrogen) atoms. The van der Waals surface area contributed by atoms with E-state index >= 15 is 0 Å². The van der Waals surface area contributed by atoms with Crippen LogP contribution in [0.2, 0.25) is 0 Å². The summed E-state index contributed by atoms with van der Waals surface area (Å²) in [4.78, 5) is 0. The van der Waals surface area contributed by atoms with Gasteiger partial charge in [-0.15, -0.1) is 0 Å². The molecular formula is C9H9BrF2O3. The zero-order chi connectivity index (χ0) is 11.6. The van der Waals surface area contributed by atoms with Crippen molar-refractivity contribution in [2.24, 2.45) is 0 Å². The molecule has 0 aliphatic carbocycles. The zero-order valence-electron chi connectivity index (χ0n) is 7.75. The van der Waals surface area contributed by atoms with Gasteiger partial charge in [0.2, 0.25) is 0 Å². The van der Waals surface area contributed by atoms with Crippen LogP contribution in [0, 0.1) is 0 Å². The fourth-order valence-electron chi connectivity index (χ4n) is 1.08. The first-order chi connectivity index (χ1) is 6.97. The van der Waals surface area contributed by atoms with E-state index in [4.69, 9.17) is 4.74 Å². The lowest BCUT2D eigenvalue weighted by molar-refractivity contribution is -0.00630. The molecule has 1 rings (SSSR count). The van der Waals surface area contributed by atoms with Crippen LogP contribution in [0.4, 0.5) is 8.78 Å². The Morgan fingerprint density at radius 2 is 2.00 bits per heavy atom. The molecule has 0 heterocycles. The molecule has 0 bridgehead atoms. The maximum Gasteiger partial charge on any atom is 0.268 e. The van der Waals surface area contributed by atoms with Crippen LogP contribution in [0.25, 0.3) is 0 Å². The molecule has 0 saturated heterocycles. The third kappa shape index (κ3) is 2.57. The van der Waals surface area contributed by atoms with Crippen LogP contribution in [0.3, 0.4) is 0 Å². The fourth-order valence-corrected chi connectivity index (χ4v) is 1.65. The summed E-state index contributed by atoms with van der Waals surface area (Å²) < 4.78 is 29.5. The van der Waals surface area contributed by atoms with E-state index < -0.39 is 12.5 Å². The van der Waals surface area contributed by atoms with Crippen LogP contribution in [-0.4, -0.2) is 23.7 Å². The highest BCUT2D eigenvalue weighted by molar-refractivity contribution is 9.10. The summed E-state index contributed by atoms with van der Waals surface area (Å²) in [5.41, 5.74) is -0.0281. The summed E-state index contributed by atoms with van der Waals surface area (Å²) in [5.74, 6) is -0.150. The Balaban J connectivity index is 3.18. The first-order valence-corrected chi connectivity index (χ1v) is 4.79. The molecule has 0 aliphatic rings. The molecular weight excluding hydrogens is 274 g/mol. The van der Waals surface area contributed by atoms with Gasteiger partial charge in [-0.05, 0) is 12.1 Å². The van der Waals surface area contributed by atoms with E-state index in [2.05, 4.69) is 15.9 Å². The Hall–Kier alpha value is -0.880. The van der Waals surface area contributed by atoms with Crippen molar-refractivity contribution in [3.63, 3.8) is 0 Å². The Morgan fingerprint density at radius 1 is 1.40 bits per heavy atom. The number of aliphatic hydroxyl groups excluding tert-OH is 1. The molecule has 1 aromatic rings. The van der Waals surface area contributed by atoms with Gasteiger partial charge in [-0.2, -0.15) is 0 Å². The molecule has 84 valence electrons. The summed E-state index contributed by atoms with van der Waals surface area (Å²) in [6.07, 6.45) is -4.80. The highest BCUT2D eigenvalue weighted by Crippen LogP contribution is 2.36. The maximum absolute atomic E-state index is 12.3. The number of hydrogen-bond donors (Lipinski definition) is 2. The summed E-state index contributed by atoms with van der Waals surface area (Å²) in [7, 11) is 1.29. The molecule has 0 fully saturated rings. The second-order valence-corrected chi connectivity index (χ2v) is 3.68. The zero-order valence-corrected chi connectivity index (χ0v) is 9.33. The van der Waals surface area contributed by atoms with Crippen LogP contribution in [0.5, 0.6) is 11.5 Å². The van der Waals surface area contributed by atoms with Gasteiger partial charge in [-0.25, -0.2) is 8.78 Å². The minimum atomic E-state index is -2.89. The quantitative estimate of drug-likeness (QED) is 0.895. The van der Waals surface area contributed by atoms with E-state index in [1.54, 1.807) is 0 Å². The third-order valence-electron chi connectivity index (χ3n) is 1.86. The van der Waals surface area contributed by atoms with Crippen molar-refractivity contribution in [3.05, 3.63) is 22.2 Å². The van der Waals surface area contributed by atoms with Crippen molar-refractivity contribution in [1.82, 2.24) is 0 Å². The van der Waals surface area contributed by atoms with Crippen LogP contribution >= 0.6 is 15.9 Å². The number of benzene rings is 1. The second-order valence-electron chi connectivity index (χ2n) is 2.82.